The van der Waals surface area contributed by atoms with E-state index in [0.717, 1.165) is 0 Å². The minimum Gasteiger partial charge on any atom is -0.432 e. The second-order valence-electron chi connectivity index (χ2n) is 2.49. The lowest BCUT2D eigenvalue weighted by atomic mass is 10.3. The van der Waals surface area contributed by atoms with Gasteiger partial charge in [-0.25, -0.2) is 14.6 Å². The van der Waals surface area contributed by atoms with Gasteiger partial charge in [-0.05, 0) is 12.1 Å². The van der Waals surface area contributed by atoms with Crippen molar-refractivity contribution >= 4 is 12.2 Å². The fourth-order valence-electron chi connectivity index (χ4n) is 0.834. The number of carbonyl (C=O) groups is 1. The molecule has 0 N–H and O–H groups in total. The number of rotatable bonds is 4. The molecule has 5 nitrogen and oxygen atoms in total. The highest BCUT2D eigenvalue weighted by Gasteiger charge is 2.04. The molecule has 0 radical (unpaired) electrons. The van der Waals surface area contributed by atoms with Gasteiger partial charge in [0.1, 0.15) is 12.4 Å². The first-order valence-corrected chi connectivity index (χ1v) is 4.26. The van der Waals surface area contributed by atoms with Crippen molar-refractivity contribution in [2.45, 2.75) is 0 Å². The Kier molecular flexibility index (Phi) is 4.63. The van der Waals surface area contributed by atoms with Gasteiger partial charge in [-0.1, -0.05) is 18.2 Å². The van der Waals surface area contributed by atoms with E-state index in [1.165, 1.54) is 6.08 Å². The lowest BCUT2D eigenvalue weighted by Crippen LogP contribution is -2.12. The standard InChI is InChI=1S/C10H9NO4/c12-8-11-6-7-14-10(13)15-9-4-2-1-3-5-9/h1-5H,6-7H2. The van der Waals surface area contributed by atoms with Gasteiger partial charge in [0.25, 0.3) is 0 Å². The van der Waals surface area contributed by atoms with Crippen LogP contribution in [0.3, 0.4) is 0 Å². The molecule has 0 fully saturated rings. The van der Waals surface area contributed by atoms with E-state index in [4.69, 9.17) is 4.74 Å². The van der Waals surface area contributed by atoms with Crippen LogP contribution >= 0.6 is 0 Å². The van der Waals surface area contributed by atoms with Gasteiger partial charge in [0.15, 0.2) is 0 Å². The lowest BCUT2D eigenvalue weighted by molar-refractivity contribution is 0.102. The van der Waals surface area contributed by atoms with E-state index in [1.807, 2.05) is 0 Å². The first-order chi connectivity index (χ1) is 7.33. The molecule has 0 aromatic heterocycles. The highest BCUT2D eigenvalue weighted by molar-refractivity contribution is 5.63. The summed E-state index contributed by atoms with van der Waals surface area (Å²) in [6.07, 6.45) is 0.517. The Balaban J connectivity index is 2.27. The van der Waals surface area contributed by atoms with E-state index in [2.05, 4.69) is 9.73 Å². The summed E-state index contributed by atoms with van der Waals surface area (Å²) >= 11 is 0. The van der Waals surface area contributed by atoms with E-state index < -0.39 is 6.16 Å². The van der Waals surface area contributed by atoms with Crippen molar-refractivity contribution in [1.82, 2.24) is 0 Å². The molecule has 0 saturated heterocycles. The molecule has 0 aliphatic heterocycles. The van der Waals surface area contributed by atoms with Gasteiger partial charge < -0.3 is 9.47 Å². The van der Waals surface area contributed by atoms with Crippen LogP contribution in [-0.4, -0.2) is 25.4 Å². The lowest BCUT2D eigenvalue weighted by Gasteiger charge is -2.03. The maximum atomic E-state index is 11.0. The zero-order chi connectivity index (χ0) is 10.9. The number of hydrogen-bond acceptors (Lipinski definition) is 5. The molecular weight excluding hydrogens is 198 g/mol. The minimum atomic E-state index is -0.817. The average molecular weight is 207 g/mol. The number of ether oxygens (including phenoxy) is 2. The number of para-hydroxylation sites is 1. The third-order valence-electron chi connectivity index (χ3n) is 1.43. The number of hydrogen-bond donors (Lipinski definition) is 0. The maximum absolute atomic E-state index is 11.0. The first-order valence-electron chi connectivity index (χ1n) is 4.26. The van der Waals surface area contributed by atoms with Crippen molar-refractivity contribution in [2.24, 2.45) is 4.99 Å². The van der Waals surface area contributed by atoms with Crippen LogP contribution in [0.4, 0.5) is 4.79 Å². The van der Waals surface area contributed by atoms with Crippen molar-refractivity contribution in [3.05, 3.63) is 30.3 Å². The van der Waals surface area contributed by atoms with Crippen LogP contribution < -0.4 is 4.74 Å². The molecule has 1 aromatic carbocycles. The summed E-state index contributed by atoms with van der Waals surface area (Å²) in [7, 11) is 0. The molecule has 1 rings (SSSR count). The van der Waals surface area contributed by atoms with Crippen molar-refractivity contribution in [2.75, 3.05) is 13.2 Å². The molecule has 15 heavy (non-hydrogen) atoms. The molecule has 1 aromatic rings. The van der Waals surface area contributed by atoms with Crippen molar-refractivity contribution < 1.29 is 19.1 Å². The molecule has 0 unspecified atom stereocenters. The van der Waals surface area contributed by atoms with Gasteiger partial charge in [0.2, 0.25) is 6.08 Å². The third-order valence-corrected chi connectivity index (χ3v) is 1.43. The van der Waals surface area contributed by atoms with E-state index in [0.29, 0.717) is 5.75 Å². The average Bonchev–Trinajstić information content (AvgIpc) is 2.26. The van der Waals surface area contributed by atoms with Crippen LogP contribution in [0.15, 0.2) is 35.3 Å². The Hall–Kier alpha value is -2.13. The first kappa shape index (κ1) is 10.9. The molecule has 0 aliphatic rings. The fraction of sp³-hybridized carbons (Fsp3) is 0.200. The van der Waals surface area contributed by atoms with Gasteiger partial charge in [0, 0.05) is 0 Å². The fourth-order valence-corrected chi connectivity index (χ4v) is 0.834. The maximum Gasteiger partial charge on any atom is 0.513 e. The van der Waals surface area contributed by atoms with Crippen molar-refractivity contribution in [3.8, 4) is 5.75 Å². The van der Waals surface area contributed by atoms with Gasteiger partial charge in [-0.2, -0.15) is 0 Å². The number of nitrogens with zero attached hydrogens (tertiary/aromatic N) is 1. The van der Waals surface area contributed by atoms with Crippen LogP contribution in [0.25, 0.3) is 0 Å². The molecule has 0 atom stereocenters. The highest BCUT2D eigenvalue weighted by Crippen LogP contribution is 2.08. The molecule has 0 spiro atoms. The topological polar surface area (TPSA) is 65.0 Å². The number of carbonyl (C=O) groups excluding carboxylic acids is 2. The third kappa shape index (κ3) is 4.59. The van der Waals surface area contributed by atoms with E-state index in [1.54, 1.807) is 30.3 Å². The molecule has 0 amide bonds. The summed E-state index contributed by atoms with van der Waals surface area (Å²) in [5, 5.41) is 0. The molecule has 0 saturated carbocycles. The predicted octanol–water partition coefficient (Wildman–Crippen LogP) is 1.54. The summed E-state index contributed by atoms with van der Waals surface area (Å²) < 4.78 is 9.41. The van der Waals surface area contributed by atoms with Crippen LogP contribution in [0, 0.1) is 0 Å². The summed E-state index contributed by atoms with van der Waals surface area (Å²) in [5.41, 5.74) is 0. The Morgan fingerprint density at radius 1 is 1.33 bits per heavy atom. The SMILES string of the molecule is O=C=NCCOC(=O)Oc1ccccc1. The normalized spacial score (nSPS) is 8.80. The van der Waals surface area contributed by atoms with Crippen LogP contribution in [0.2, 0.25) is 0 Å². The van der Waals surface area contributed by atoms with Crippen molar-refractivity contribution in [3.63, 3.8) is 0 Å². The Bertz CT molecular complexity index is 357. The molecule has 5 heteroatoms. The molecule has 0 heterocycles. The second kappa shape index (κ2) is 6.34. The van der Waals surface area contributed by atoms with Gasteiger partial charge >= 0.3 is 6.16 Å². The summed E-state index contributed by atoms with van der Waals surface area (Å²) in [5.74, 6) is 0.404. The quantitative estimate of drug-likeness (QED) is 0.247. The van der Waals surface area contributed by atoms with E-state index in [-0.39, 0.29) is 13.2 Å². The Morgan fingerprint density at radius 3 is 2.73 bits per heavy atom. The van der Waals surface area contributed by atoms with Crippen LogP contribution in [0.1, 0.15) is 0 Å². The van der Waals surface area contributed by atoms with Gasteiger partial charge in [0.05, 0.1) is 6.54 Å². The predicted molar refractivity (Wildman–Crippen MR) is 51.4 cm³/mol. The zero-order valence-corrected chi connectivity index (χ0v) is 7.88. The molecular formula is C10H9NO4. The smallest absolute Gasteiger partial charge is 0.432 e. The Morgan fingerprint density at radius 2 is 2.07 bits per heavy atom. The van der Waals surface area contributed by atoms with Crippen molar-refractivity contribution in [1.29, 1.82) is 0 Å². The van der Waals surface area contributed by atoms with Crippen LogP contribution in [-0.2, 0) is 9.53 Å². The van der Waals surface area contributed by atoms with Gasteiger partial charge in [-0.15, -0.1) is 0 Å². The summed E-state index contributed by atoms with van der Waals surface area (Å²) in [4.78, 5) is 23.9. The van der Waals surface area contributed by atoms with Gasteiger partial charge in [-0.3, -0.25) is 0 Å². The van der Waals surface area contributed by atoms with Crippen LogP contribution in [0.5, 0.6) is 5.75 Å². The van der Waals surface area contributed by atoms with E-state index in [9.17, 15) is 9.59 Å². The zero-order valence-electron chi connectivity index (χ0n) is 7.88. The van der Waals surface area contributed by atoms with E-state index >= 15 is 0 Å². The number of benzene rings is 1. The highest BCUT2D eigenvalue weighted by atomic mass is 16.7. The summed E-state index contributed by atoms with van der Waals surface area (Å²) in [6.45, 7) is 0.0916. The molecule has 0 bridgehead atoms. The largest absolute Gasteiger partial charge is 0.513 e. The number of isocyanates is 1. The summed E-state index contributed by atoms with van der Waals surface area (Å²) in [6, 6.07) is 8.53. The molecule has 78 valence electrons. The Labute approximate surface area is 86.3 Å². The monoisotopic (exact) mass is 207 g/mol. The second-order valence-corrected chi connectivity index (χ2v) is 2.49. The number of aliphatic imine (C=N–C) groups is 1. The minimum absolute atomic E-state index is 0.000900. The molecule has 0 aliphatic carbocycles.